The first-order valence-electron chi connectivity index (χ1n) is 11.8. The molecule has 1 N–H and O–H groups in total. The summed E-state index contributed by atoms with van der Waals surface area (Å²) in [4.78, 5) is 28.9. The number of benzene rings is 2. The number of sulfonamides is 1. The molecule has 9 heteroatoms. The Balaban J connectivity index is 1.42. The number of para-hydroxylation sites is 2. The van der Waals surface area contributed by atoms with Gasteiger partial charge in [-0.2, -0.15) is 0 Å². The average Bonchev–Trinajstić information content (AvgIpc) is 3.27. The molecule has 0 aliphatic carbocycles. The van der Waals surface area contributed by atoms with Crippen molar-refractivity contribution in [1.82, 2.24) is 4.90 Å². The number of hydrogen-bond acceptors (Lipinski definition) is 5. The number of carbonyl (C=O) groups excluding carboxylic acids is 2. The largest absolute Gasteiger partial charge is 0.492 e. The summed E-state index contributed by atoms with van der Waals surface area (Å²) in [5, 5.41) is 0. The van der Waals surface area contributed by atoms with E-state index in [0.717, 1.165) is 37.9 Å². The number of fused-ring (bicyclic) bond motifs is 1. The Morgan fingerprint density at radius 3 is 2.47 bits per heavy atom. The third-order valence-electron chi connectivity index (χ3n) is 6.25. The van der Waals surface area contributed by atoms with E-state index in [-0.39, 0.29) is 29.6 Å². The molecule has 182 valence electrons. The van der Waals surface area contributed by atoms with Gasteiger partial charge in [-0.15, -0.1) is 0 Å². The van der Waals surface area contributed by atoms with E-state index in [1.165, 1.54) is 6.07 Å². The number of ether oxygens (including phenoxy) is 1. The van der Waals surface area contributed by atoms with Crippen LogP contribution in [-0.4, -0.2) is 51.4 Å². The molecule has 0 unspecified atom stereocenters. The smallest absolute Gasteiger partial charge is 0.262 e. The van der Waals surface area contributed by atoms with Gasteiger partial charge < -0.3 is 14.5 Å². The zero-order chi connectivity index (χ0) is 24.1. The number of likely N-dealkylation sites (tertiary alicyclic amines) is 1. The summed E-state index contributed by atoms with van der Waals surface area (Å²) in [6.45, 7) is 4.30. The van der Waals surface area contributed by atoms with Gasteiger partial charge in [0.2, 0.25) is 11.8 Å². The molecule has 1 fully saturated rings. The molecule has 0 radical (unpaired) electrons. The van der Waals surface area contributed by atoms with Gasteiger partial charge in [-0.3, -0.25) is 14.3 Å². The van der Waals surface area contributed by atoms with E-state index in [0.29, 0.717) is 36.7 Å². The van der Waals surface area contributed by atoms with E-state index in [2.05, 4.69) is 4.72 Å². The van der Waals surface area contributed by atoms with Crippen molar-refractivity contribution in [2.24, 2.45) is 0 Å². The summed E-state index contributed by atoms with van der Waals surface area (Å²) >= 11 is 0. The van der Waals surface area contributed by atoms with Crippen LogP contribution >= 0.6 is 0 Å². The highest BCUT2D eigenvalue weighted by Crippen LogP contribution is 2.32. The zero-order valence-electron chi connectivity index (χ0n) is 19.5. The quantitative estimate of drug-likeness (QED) is 0.617. The van der Waals surface area contributed by atoms with E-state index < -0.39 is 10.0 Å². The van der Waals surface area contributed by atoms with Crippen molar-refractivity contribution in [2.75, 3.05) is 35.9 Å². The molecular formula is C25H31N3O5S. The SMILES string of the molecule is CCOc1ccccc1NS(=O)(=O)c1ccc2c(c1)CCN2C(=O)CCC(=O)N1CCCCC1. The minimum Gasteiger partial charge on any atom is -0.492 e. The number of piperidine rings is 1. The van der Waals surface area contributed by atoms with Crippen LogP contribution in [-0.2, 0) is 26.0 Å². The minimum absolute atomic E-state index is 0.0346. The van der Waals surface area contributed by atoms with Gasteiger partial charge in [0.25, 0.3) is 10.0 Å². The Morgan fingerprint density at radius 1 is 0.971 bits per heavy atom. The Morgan fingerprint density at radius 2 is 1.71 bits per heavy atom. The second kappa shape index (κ2) is 10.5. The minimum atomic E-state index is -3.83. The Kier molecular flexibility index (Phi) is 7.41. The van der Waals surface area contributed by atoms with E-state index in [1.807, 2.05) is 11.8 Å². The predicted molar refractivity (Wildman–Crippen MR) is 131 cm³/mol. The van der Waals surface area contributed by atoms with E-state index in [1.54, 1.807) is 41.3 Å². The Bertz CT molecular complexity index is 1160. The first-order chi connectivity index (χ1) is 16.4. The van der Waals surface area contributed by atoms with Crippen molar-refractivity contribution in [3.63, 3.8) is 0 Å². The molecule has 0 saturated carbocycles. The molecule has 0 aromatic heterocycles. The summed E-state index contributed by atoms with van der Waals surface area (Å²) < 4.78 is 34.1. The molecule has 2 heterocycles. The van der Waals surface area contributed by atoms with Gasteiger partial charge in [-0.1, -0.05) is 12.1 Å². The molecule has 2 aliphatic rings. The summed E-state index contributed by atoms with van der Waals surface area (Å²) in [5.41, 5.74) is 1.89. The third-order valence-corrected chi connectivity index (χ3v) is 7.61. The van der Waals surface area contributed by atoms with Gasteiger partial charge in [-0.05, 0) is 68.5 Å². The lowest BCUT2D eigenvalue weighted by molar-refractivity contribution is -0.133. The Hall–Kier alpha value is -3.07. The fraction of sp³-hybridized carbons (Fsp3) is 0.440. The number of nitrogens with zero attached hydrogens (tertiary/aromatic N) is 2. The predicted octanol–water partition coefficient (Wildman–Crippen LogP) is 3.57. The normalized spacial score (nSPS) is 15.7. The number of carbonyl (C=O) groups is 2. The first kappa shape index (κ1) is 24.1. The van der Waals surface area contributed by atoms with Crippen molar-refractivity contribution in [1.29, 1.82) is 0 Å². The summed E-state index contributed by atoms with van der Waals surface area (Å²) in [6, 6.07) is 11.7. The Labute approximate surface area is 200 Å². The van der Waals surface area contributed by atoms with Crippen molar-refractivity contribution in [2.45, 2.75) is 50.3 Å². The monoisotopic (exact) mass is 485 g/mol. The number of anilines is 2. The van der Waals surface area contributed by atoms with E-state index in [4.69, 9.17) is 4.74 Å². The van der Waals surface area contributed by atoms with Crippen LogP contribution in [0.4, 0.5) is 11.4 Å². The first-order valence-corrected chi connectivity index (χ1v) is 13.3. The molecule has 4 rings (SSSR count). The molecule has 0 bridgehead atoms. The van der Waals surface area contributed by atoms with Crippen LogP contribution in [0.15, 0.2) is 47.4 Å². The van der Waals surface area contributed by atoms with Crippen molar-refractivity contribution < 1.29 is 22.7 Å². The highest BCUT2D eigenvalue weighted by molar-refractivity contribution is 7.92. The summed E-state index contributed by atoms with van der Waals surface area (Å²) in [6.07, 6.45) is 4.14. The molecule has 34 heavy (non-hydrogen) atoms. The molecule has 2 amide bonds. The molecule has 2 aliphatic heterocycles. The third kappa shape index (κ3) is 5.35. The molecule has 2 aromatic rings. The molecule has 0 atom stereocenters. The van der Waals surface area contributed by atoms with Gasteiger partial charge in [0.05, 0.1) is 17.2 Å². The van der Waals surface area contributed by atoms with Crippen LogP contribution in [0, 0.1) is 0 Å². The second-order valence-corrected chi connectivity index (χ2v) is 10.2. The van der Waals surface area contributed by atoms with Crippen LogP contribution < -0.4 is 14.4 Å². The maximum atomic E-state index is 13.0. The number of hydrogen-bond donors (Lipinski definition) is 1. The topological polar surface area (TPSA) is 96.0 Å². The van der Waals surface area contributed by atoms with Crippen LogP contribution in [0.2, 0.25) is 0 Å². The lowest BCUT2D eigenvalue weighted by Gasteiger charge is -2.27. The highest BCUT2D eigenvalue weighted by Gasteiger charge is 2.28. The lowest BCUT2D eigenvalue weighted by Crippen LogP contribution is -2.37. The maximum Gasteiger partial charge on any atom is 0.262 e. The highest BCUT2D eigenvalue weighted by atomic mass is 32.2. The van der Waals surface area contributed by atoms with Crippen molar-refractivity contribution in [3.05, 3.63) is 48.0 Å². The van der Waals surface area contributed by atoms with Gasteiger partial charge >= 0.3 is 0 Å². The molecular weight excluding hydrogens is 454 g/mol. The molecule has 8 nitrogen and oxygen atoms in total. The lowest BCUT2D eigenvalue weighted by atomic mass is 10.1. The van der Waals surface area contributed by atoms with E-state index in [9.17, 15) is 18.0 Å². The fourth-order valence-corrected chi connectivity index (χ4v) is 5.61. The molecule has 2 aromatic carbocycles. The summed E-state index contributed by atoms with van der Waals surface area (Å²) in [5.74, 6) is 0.390. The fourth-order valence-electron chi connectivity index (χ4n) is 4.49. The number of nitrogens with one attached hydrogen (secondary N) is 1. The van der Waals surface area contributed by atoms with Crippen LogP contribution in [0.5, 0.6) is 5.75 Å². The van der Waals surface area contributed by atoms with Gasteiger partial charge in [0.15, 0.2) is 0 Å². The number of amides is 2. The summed E-state index contributed by atoms with van der Waals surface area (Å²) in [7, 11) is -3.83. The van der Waals surface area contributed by atoms with E-state index >= 15 is 0 Å². The maximum absolute atomic E-state index is 13.0. The van der Waals surface area contributed by atoms with Crippen LogP contribution in [0.25, 0.3) is 0 Å². The second-order valence-electron chi connectivity index (χ2n) is 8.56. The number of rotatable bonds is 8. The van der Waals surface area contributed by atoms with Crippen LogP contribution in [0.1, 0.15) is 44.6 Å². The average molecular weight is 486 g/mol. The van der Waals surface area contributed by atoms with Crippen molar-refractivity contribution >= 4 is 33.2 Å². The zero-order valence-corrected chi connectivity index (χ0v) is 20.3. The van der Waals surface area contributed by atoms with Crippen molar-refractivity contribution in [3.8, 4) is 5.75 Å². The molecule has 0 spiro atoms. The standard InChI is InChI=1S/C25H31N3O5S/c1-2-33-23-9-5-4-8-21(23)26-34(31,32)20-10-11-22-19(18-20)14-17-28(22)25(30)13-12-24(29)27-15-6-3-7-16-27/h4-5,8-11,18,26H,2-3,6-7,12-17H2,1H3. The van der Waals surface area contributed by atoms with Gasteiger partial charge in [0, 0.05) is 38.2 Å². The van der Waals surface area contributed by atoms with Gasteiger partial charge in [0.1, 0.15) is 5.75 Å². The van der Waals surface area contributed by atoms with Crippen LogP contribution in [0.3, 0.4) is 0 Å². The van der Waals surface area contributed by atoms with Gasteiger partial charge in [-0.25, -0.2) is 8.42 Å². The molecule has 1 saturated heterocycles.